The predicted molar refractivity (Wildman–Crippen MR) is 105 cm³/mol. The van der Waals surface area contributed by atoms with E-state index in [1.807, 2.05) is 24.5 Å². The van der Waals surface area contributed by atoms with E-state index >= 15 is 0 Å². The van der Waals surface area contributed by atoms with Crippen LogP contribution < -0.4 is 4.74 Å². The van der Waals surface area contributed by atoms with Crippen LogP contribution in [0.4, 0.5) is 0 Å². The molecule has 0 bridgehead atoms. The van der Waals surface area contributed by atoms with Crippen LogP contribution >= 0.6 is 11.8 Å². The number of aromatic nitrogens is 3. The lowest BCUT2D eigenvalue weighted by Gasteiger charge is -2.12. The van der Waals surface area contributed by atoms with E-state index in [0.29, 0.717) is 23.1 Å². The highest BCUT2D eigenvalue weighted by molar-refractivity contribution is 8.00. The Morgan fingerprint density at radius 3 is 2.67 bits per heavy atom. The number of thioether (sulfide) groups is 1. The molecule has 0 saturated heterocycles. The highest BCUT2D eigenvalue weighted by atomic mass is 32.2. The first-order chi connectivity index (χ1) is 13.0. The van der Waals surface area contributed by atoms with Gasteiger partial charge in [-0.05, 0) is 44.2 Å². The maximum absolute atomic E-state index is 12.8. The fourth-order valence-corrected chi connectivity index (χ4v) is 3.62. The average Bonchev–Trinajstić information content (AvgIpc) is 3.27. The van der Waals surface area contributed by atoms with Gasteiger partial charge in [0, 0.05) is 12.1 Å². The number of aryl methyl sites for hydroxylation is 1. The SMILES string of the molecule is C=CCn1c(S[C@H](C)C(=O)c2ccc(OC)cc2)nnc1-c1ccoc1C. The Balaban J connectivity index is 1.83. The monoisotopic (exact) mass is 383 g/mol. The number of nitrogens with zero attached hydrogens (tertiary/aromatic N) is 3. The highest BCUT2D eigenvalue weighted by Crippen LogP contribution is 2.30. The minimum Gasteiger partial charge on any atom is -0.497 e. The molecular weight excluding hydrogens is 362 g/mol. The Labute approximate surface area is 162 Å². The number of ketones is 1. The van der Waals surface area contributed by atoms with Gasteiger partial charge in [0.1, 0.15) is 11.5 Å². The summed E-state index contributed by atoms with van der Waals surface area (Å²) in [5.41, 5.74) is 1.52. The van der Waals surface area contributed by atoms with Gasteiger partial charge in [0.15, 0.2) is 16.8 Å². The second-order valence-electron chi connectivity index (χ2n) is 5.95. The second kappa shape index (κ2) is 8.26. The normalized spacial score (nSPS) is 12.0. The van der Waals surface area contributed by atoms with E-state index in [2.05, 4.69) is 16.8 Å². The molecular formula is C20H21N3O3S. The lowest BCUT2D eigenvalue weighted by molar-refractivity contribution is 0.0994. The Morgan fingerprint density at radius 2 is 2.07 bits per heavy atom. The van der Waals surface area contributed by atoms with Crippen LogP contribution in [-0.2, 0) is 6.54 Å². The van der Waals surface area contributed by atoms with Gasteiger partial charge < -0.3 is 9.15 Å². The van der Waals surface area contributed by atoms with Gasteiger partial charge in [-0.1, -0.05) is 17.8 Å². The average molecular weight is 383 g/mol. The van der Waals surface area contributed by atoms with E-state index in [1.165, 1.54) is 11.8 Å². The third-order valence-corrected chi connectivity index (χ3v) is 5.23. The zero-order chi connectivity index (χ0) is 19.4. The van der Waals surface area contributed by atoms with Crippen molar-refractivity contribution < 1.29 is 13.9 Å². The minimum atomic E-state index is -0.315. The molecule has 0 fully saturated rings. The quantitative estimate of drug-likeness (QED) is 0.326. The molecule has 1 atom stereocenters. The molecule has 7 heteroatoms. The summed E-state index contributed by atoms with van der Waals surface area (Å²) in [4.78, 5) is 12.8. The van der Waals surface area contributed by atoms with Gasteiger partial charge in [-0.15, -0.1) is 16.8 Å². The van der Waals surface area contributed by atoms with Crippen LogP contribution in [-0.4, -0.2) is 32.9 Å². The smallest absolute Gasteiger partial charge is 0.192 e. The first kappa shape index (κ1) is 19.0. The number of furan rings is 1. The first-order valence-corrected chi connectivity index (χ1v) is 9.36. The fourth-order valence-electron chi connectivity index (χ4n) is 2.69. The fraction of sp³-hybridized carbons (Fsp3) is 0.250. The predicted octanol–water partition coefficient (Wildman–Crippen LogP) is 4.40. The maximum atomic E-state index is 12.8. The topological polar surface area (TPSA) is 70.2 Å². The Morgan fingerprint density at radius 1 is 1.33 bits per heavy atom. The molecule has 2 aromatic heterocycles. The molecule has 0 aliphatic rings. The summed E-state index contributed by atoms with van der Waals surface area (Å²) in [6.45, 7) is 8.10. The zero-order valence-electron chi connectivity index (χ0n) is 15.5. The number of carbonyl (C=O) groups excluding carboxylic acids is 1. The molecule has 2 heterocycles. The number of hydrogen-bond donors (Lipinski definition) is 0. The Hall–Kier alpha value is -2.80. The molecule has 0 radical (unpaired) electrons. The summed E-state index contributed by atoms with van der Waals surface area (Å²) in [5, 5.41) is 8.94. The summed E-state index contributed by atoms with van der Waals surface area (Å²) < 4.78 is 12.5. The molecule has 0 saturated carbocycles. The number of methoxy groups -OCH3 is 1. The van der Waals surface area contributed by atoms with E-state index in [-0.39, 0.29) is 11.0 Å². The zero-order valence-corrected chi connectivity index (χ0v) is 16.3. The van der Waals surface area contributed by atoms with E-state index < -0.39 is 0 Å². The Kier molecular flexibility index (Phi) is 5.81. The molecule has 0 N–H and O–H groups in total. The van der Waals surface area contributed by atoms with Crippen molar-refractivity contribution in [1.82, 2.24) is 14.8 Å². The summed E-state index contributed by atoms with van der Waals surface area (Å²) in [7, 11) is 1.60. The van der Waals surface area contributed by atoms with Gasteiger partial charge >= 0.3 is 0 Å². The molecule has 27 heavy (non-hydrogen) atoms. The van der Waals surface area contributed by atoms with Crippen molar-refractivity contribution in [2.45, 2.75) is 30.8 Å². The second-order valence-corrected chi connectivity index (χ2v) is 7.26. The van der Waals surface area contributed by atoms with Gasteiger partial charge in [-0.3, -0.25) is 9.36 Å². The van der Waals surface area contributed by atoms with E-state index in [9.17, 15) is 4.79 Å². The molecule has 6 nitrogen and oxygen atoms in total. The van der Waals surface area contributed by atoms with Crippen LogP contribution in [0.5, 0.6) is 5.75 Å². The van der Waals surface area contributed by atoms with Crippen LogP contribution in [0.3, 0.4) is 0 Å². The molecule has 0 aliphatic carbocycles. The summed E-state index contributed by atoms with van der Waals surface area (Å²) in [5.74, 6) is 2.22. The van der Waals surface area contributed by atoms with E-state index in [0.717, 1.165) is 17.1 Å². The molecule has 3 rings (SSSR count). The van der Waals surface area contributed by atoms with Crippen LogP contribution in [0.25, 0.3) is 11.4 Å². The summed E-state index contributed by atoms with van der Waals surface area (Å²) in [6.07, 6.45) is 3.41. The standard InChI is InChI=1S/C20H21N3O3S/c1-5-11-23-19(17-10-12-26-13(17)2)21-22-20(23)27-14(3)18(24)15-6-8-16(25-4)9-7-15/h5-10,12,14H,1,11H2,2-4H3/t14-/m1/s1. The number of rotatable bonds is 8. The molecule has 3 aromatic rings. The summed E-state index contributed by atoms with van der Waals surface area (Å²) >= 11 is 1.38. The van der Waals surface area contributed by atoms with Crippen molar-refractivity contribution >= 4 is 17.5 Å². The molecule has 1 aromatic carbocycles. The minimum absolute atomic E-state index is 0.0249. The first-order valence-electron chi connectivity index (χ1n) is 8.48. The van der Waals surface area contributed by atoms with Crippen LogP contribution in [0, 0.1) is 6.92 Å². The van der Waals surface area contributed by atoms with Crippen molar-refractivity contribution in [2.75, 3.05) is 7.11 Å². The van der Waals surface area contributed by atoms with Crippen LogP contribution in [0.15, 0.2) is 58.8 Å². The molecule has 0 unspecified atom stereocenters. The third kappa shape index (κ3) is 3.98. The molecule has 0 spiro atoms. The van der Waals surface area contributed by atoms with Crippen LogP contribution in [0.1, 0.15) is 23.0 Å². The van der Waals surface area contributed by atoms with E-state index in [1.54, 1.807) is 43.7 Å². The molecule has 140 valence electrons. The summed E-state index contributed by atoms with van der Waals surface area (Å²) in [6, 6.07) is 8.97. The van der Waals surface area contributed by atoms with E-state index in [4.69, 9.17) is 9.15 Å². The van der Waals surface area contributed by atoms with Gasteiger partial charge in [-0.25, -0.2) is 0 Å². The van der Waals surface area contributed by atoms with Crippen molar-refractivity contribution in [3.05, 3.63) is 60.6 Å². The van der Waals surface area contributed by atoms with Crippen molar-refractivity contribution in [1.29, 1.82) is 0 Å². The van der Waals surface area contributed by atoms with Gasteiger partial charge in [0.05, 0.1) is 24.2 Å². The van der Waals surface area contributed by atoms with Gasteiger partial charge in [0.25, 0.3) is 0 Å². The lowest BCUT2D eigenvalue weighted by Crippen LogP contribution is -2.14. The van der Waals surface area contributed by atoms with Gasteiger partial charge in [0.2, 0.25) is 0 Å². The number of carbonyl (C=O) groups is 1. The number of benzene rings is 1. The van der Waals surface area contributed by atoms with Crippen molar-refractivity contribution in [3.8, 4) is 17.1 Å². The van der Waals surface area contributed by atoms with Crippen LogP contribution in [0.2, 0.25) is 0 Å². The van der Waals surface area contributed by atoms with Crippen molar-refractivity contribution in [3.63, 3.8) is 0 Å². The number of ether oxygens (including phenoxy) is 1. The van der Waals surface area contributed by atoms with Crippen molar-refractivity contribution in [2.24, 2.45) is 0 Å². The molecule has 0 amide bonds. The Bertz CT molecular complexity index is 944. The third-order valence-electron chi connectivity index (χ3n) is 4.15. The highest BCUT2D eigenvalue weighted by Gasteiger charge is 2.22. The largest absolute Gasteiger partial charge is 0.497 e. The molecule has 0 aliphatic heterocycles. The number of Topliss-reactive ketones (excluding diaryl/α,β-unsaturated/α-hetero) is 1. The van der Waals surface area contributed by atoms with Gasteiger partial charge in [-0.2, -0.15) is 0 Å². The number of allylic oxidation sites excluding steroid dienone is 1. The maximum Gasteiger partial charge on any atom is 0.192 e. The lowest BCUT2D eigenvalue weighted by atomic mass is 10.1. The number of hydrogen-bond acceptors (Lipinski definition) is 6.